The number of aryl methyl sites for hydroxylation is 2. The monoisotopic (exact) mass is 248 g/mol. The zero-order valence-corrected chi connectivity index (χ0v) is 12.6. The molecule has 18 heavy (non-hydrogen) atoms. The van der Waals surface area contributed by atoms with Crippen molar-refractivity contribution in [3.8, 4) is 0 Å². The molecular weight excluding hydrogens is 220 g/mol. The Bertz CT molecular complexity index is 377. The molecule has 0 unspecified atom stereocenters. The molecule has 0 atom stereocenters. The summed E-state index contributed by atoms with van der Waals surface area (Å²) in [6.07, 6.45) is 2.15. The molecule has 1 aromatic rings. The molecule has 0 bridgehead atoms. The summed E-state index contributed by atoms with van der Waals surface area (Å²) in [4.78, 5) is 2.36. The predicted molar refractivity (Wildman–Crippen MR) is 80.0 cm³/mol. The molecule has 0 radical (unpaired) electrons. The van der Waals surface area contributed by atoms with Crippen LogP contribution in [0.3, 0.4) is 0 Å². The average molecular weight is 248 g/mol. The third kappa shape index (κ3) is 5.65. The van der Waals surface area contributed by atoms with Gasteiger partial charge in [-0.15, -0.1) is 0 Å². The topological polar surface area (TPSA) is 29.3 Å². The second kappa shape index (κ2) is 6.35. The van der Waals surface area contributed by atoms with Gasteiger partial charge in [-0.2, -0.15) is 0 Å². The Morgan fingerprint density at radius 1 is 1.11 bits per heavy atom. The smallest absolute Gasteiger partial charge is 0.0109 e. The van der Waals surface area contributed by atoms with E-state index in [1.54, 1.807) is 0 Å². The zero-order valence-electron chi connectivity index (χ0n) is 12.6. The minimum Gasteiger partial charge on any atom is -0.326 e. The van der Waals surface area contributed by atoms with Crippen LogP contribution >= 0.6 is 0 Å². The summed E-state index contributed by atoms with van der Waals surface area (Å²) in [5.74, 6) is 0. The van der Waals surface area contributed by atoms with Crippen molar-refractivity contribution in [2.75, 3.05) is 20.1 Å². The van der Waals surface area contributed by atoms with Gasteiger partial charge in [-0.3, -0.25) is 0 Å². The number of benzene rings is 1. The van der Waals surface area contributed by atoms with Gasteiger partial charge in [0.25, 0.3) is 0 Å². The van der Waals surface area contributed by atoms with Crippen molar-refractivity contribution < 1.29 is 0 Å². The molecule has 0 fully saturated rings. The van der Waals surface area contributed by atoms with Gasteiger partial charge in [0.15, 0.2) is 0 Å². The lowest BCUT2D eigenvalue weighted by Crippen LogP contribution is -2.36. The molecule has 0 saturated heterocycles. The van der Waals surface area contributed by atoms with Crippen LogP contribution in [-0.2, 0) is 6.42 Å². The fourth-order valence-corrected chi connectivity index (χ4v) is 1.87. The Labute approximate surface area is 112 Å². The minimum atomic E-state index is -0.0608. The third-order valence-electron chi connectivity index (χ3n) is 3.49. The van der Waals surface area contributed by atoms with E-state index >= 15 is 0 Å². The molecule has 0 aromatic heterocycles. The summed E-state index contributed by atoms with van der Waals surface area (Å²) in [6, 6.07) is 6.76. The summed E-state index contributed by atoms with van der Waals surface area (Å²) in [6.45, 7) is 10.7. The van der Waals surface area contributed by atoms with E-state index < -0.39 is 0 Å². The quantitative estimate of drug-likeness (QED) is 0.839. The predicted octanol–water partition coefficient (Wildman–Crippen LogP) is 2.91. The Hall–Kier alpha value is -0.860. The molecule has 1 aromatic carbocycles. The van der Waals surface area contributed by atoms with Crippen LogP contribution in [0.1, 0.15) is 37.0 Å². The van der Waals surface area contributed by atoms with E-state index in [-0.39, 0.29) is 5.54 Å². The van der Waals surface area contributed by atoms with Crippen molar-refractivity contribution in [2.24, 2.45) is 5.73 Å². The highest BCUT2D eigenvalue weighted by Gasteiger charge is 2.11. The van der Waals surface area contributed by atoms with E-state index in [1.165, 1.54) is 16.7 Å². The largest absolute Gasteiger partial charge is 0.326 e. The van der Waals surface area contributed by atoms with Gasteiger partial charge >= 0.3 is 0 Å². The first-order valence-electron chi connectivity index (χ1n) is 6.81. The molecule has 2 heteroatoms. The van der Waals surface area contributed by atoms with Crippen LogP contribution in [0.4, 0.5) is 0 Å². The molecule has 0 heterocycles. The molecule has 0 aliphatic heterocycles. The Morgan fingerprint density at radius 3 is 2.33 bits per heavy atom. The molecule has 0 saturated carbocycles. The molecule has 0 aliphatic rings. The van der Waals surface area contributed by atoms with Gasteiger partial charge in [0.1, 0.15) is 0 Å². The fraction of sp³-hybridized carbons (Fsp3) is 0.625. The average Bonchev–Trinajstić information content (AvgIpc) is 2.27. The molecule has 102 valence electrons. The summed E-state index contributed by atoms with van der Waals surface area (Å²) in [5.41, 5.74) is 10.1. The van der Waals surface area contributed by atoms with Crippen LogP contribution in [-0.4, -0.2) is 30.6 Å². The van der Waals surface area contributed by atoms with Gasteiger partial charge in [0.2, 0.25) is 0 Å². The third-order valence-corrected chi connectivity index (χ3v) is 3.49. The molecule has 2 nitrogen and oxygen atoms in total. The Kier molecular flexibility index (Phi) is 5.36. The minimum absolute atomic E-state index is 0.0608. The first-order chi connectivity index (χ1) is 8.28. The first kappa shape index (κ1) is 15.2. The van der Waals surface area contributed by atoms with Crippen molar-refractivity contribution in [3.05, 3.63) is 34.9 Å². The van der Waals surface area contributed by atoms with E-state index in [9.17, 15) is 0 Å². The van der Waals surface area contributed by atoms with Crippen molar-refractivity contribution in [2.45, 2.75) is 46.1 Å². The van der Waals surface area contributed by atoms with Crippen molar-refractivity contribution in [3.63, 3.8) is 0 Å². The van der Waals surface area contributed by atoms with Crippen LogP contribution < -0.4 is 5.73 Å². The lowest BCUT2D eigenvalue weighted by atomic mass is 10.0. The van der Waals surface area contributed by atoms with E-state index in [1.807, 2.05) is 0 Å². The van der Waals surface area contributed by atoms with Gasteiger partial charge in [0, 0.05) is 12.1 Å². The molecule has 0 amide bonds. The van der Waals surface area contributed by atoms with Crippen LogP contribution in [0, 0.1) is 13.8 Å². The van der Waals surface area contributed by atoms with Crippen molar-refractivity contribution in [1.82, 2.24) is 4.90 Å². The lowest BCUT2D eigenvalue weighted by molar-refractivity contribution is 0.298. The highest BCUT2D eigenvalue weighted by Crippen LogP contribution is 2.11. The number of hydrogen-bond acceptors (Lipinski definition) is 2. The highest BCUT2D eigenvalue weighted by molar-refractivity contribution is 5.30. The first-order valence-corrected chi connectivity index (χ1v) is 6.81. The van der Waals surface area contributed by atoms with Crippen LogP contribution in [0.5, 0.6) is 0 Å². The van der Waals surface area contributed by atoms with Crippen molar-refractivity contribution in [1.29, 1.82) is 0 Å². The fourth-order valence-electron chi connectivity index (χ4n) is 1.87. The number of rotatable bonds is 6. The van der Waals surface area contributed by atoms with E-state index in [2.05, 4.69) is 57.8 Å². The van der Waals surface area contributed by atoms with Crippen LogP contribution in [0.15, 0.2) is 18.2 Å². The number of hydrogen-bond donors (Lipinski definition) is 1. The number of nitrogens with two attached hydrogens (primary N) is 1. The molecule has 1 rings (SSSR count). The summed E-state index contributed by atoms with van der Waals surface area (Å²) >= 11 is 0. The summed E-state index contributed by atoms with van der Waals surface area (Å²) < 4.78 is 0. The van der Waals surface area contributed by atoms with Crippen LogP contribution in [0.2, 0.25) is 0 Å². The maximum atomic E-state index is 6.00. The lowest BCUT2D eigenvalue weighted by Gasteiger charge is -2.23. The van der Waals surface area contributed by atoms with E-state index in [0.717, 1.165) is 25.9 Å². The van der Waals surface area contributed by atoms with Crippen LogP contribution in [0.25, 0.3) is 0 Å². The molecular formula is C16H28N2. The maximum absolute atomic E-state index is 6.00. The van der Waals surface area contributed by atoms with Gasteiger partial charge in [0.05, 0.1) is 0 Å². The Morgan fingerprint density at radius 2 is 1.78 bits per heavy atom. The van der Waals surface area contributed by atoms with Gasteiger partial charge < -0.3 is 10.6 Å². The maximum Gasteiger partial charge on any atom is 0.0109 e. The Balaban J connectivity index is 2.38. The normalized spacial score (nSPS) is 12.2. The molecule has 2 N–H and O–H groups in total. The van der Waals surface area contributed by atoms with Gasteiger partial charge in [-0.1, -0.05) is 18.2 Å². The molecule has 0 aliphatic carbocycles. The SMILES string of the molecule is Cc1ccc(CCN(C)CCC(C)(C)N)cc1C. The summed E-state index contributed by atoms with van der Waals surface area (Å²) in [7, 11) is 2.17. The summed E-state index contributed by atoms with van der Waals surface area (Å²) in [5, 5.41) is 0. The van der Waals surface area contributed by atoms with E-state index in [0.29, 0.717) is 0 Å². The van der Waals surface area contributed by atoms with Gasteiger partial charge in [-0.25, -0.2) is 0 Å². The number of likely N-dealkylation sites (N-methyl/N-ethyl adjacent to an activating group) is 1. The second-order valence-corrected chi connectivity index (χ2v) is 6.21. The zero-order chi connectivity index (χ0) is 13.8. The molecule has 0 spiro atoms. The second-order valence-electron chi connectivity index (χ2n) is 6.21. The standard InChI is InChI=1S/C16H28N2/c1-13-6-7-15(12-14(13)2)8-10-18(5)11-9-16(3,4)17/h6-7,12H,8-11,17H2,1-5H3. The highest BCUT2D eigenvalue weighted by atomic mass is 15.1. The van der Waals surface area contributed by atoms with E-state index in [4.69, 9.17) is 5.73 Å². The van der Waals surface area contributed by atoms with Gasteiger partial charge in [-0.05, 0) is 70.8 Å². The van der Waals surface area contributed by atoms with Crippen molar-refractivity contribution >= 4 is 0 Å². The number of nitrogens with zero attached hydrogens (tertiary/aromatic N) is 1.